The minimum absolute atomic E-state index is 0.0961. The average molecular weight is 386 g/mol. The highest BCUT2D eigenvalue weighted by Gasteiger charge is 2.29. The molecule has 1 aromatic heterocycles. The third-order valence-electron chi connectivity index (χ3n) is 4.54. The number of benzene rings is 1. The standard InChI is InChI=1S/C21H23FN2O4/c1-4-6-11-24-20(26)16(12-23)13(3)18(21(24)27)19(25)17(5-2)28-15-9-7-14(22)8-10-15/h7-10,17,27H,4-6,11H2,1-3H3. The number of unbranched alkanes of at least 4 members (excludes halogenated alkanes) is 1. The van der Waals surface area contributed by atoms with Gasteiger partial charge >= 0.3 is 0 Å². The van der Waals surface area contributed by atoms with Gasteiger partial charge in [0.15, 0.2) is 6.10 Å². The molecule has 0 aliphatic carbocycles. The van der Waals surface area contributed by atoms with Crippen LogP contribution in [0.4, 0.5) is 4.39 Å². The van der Waals surface area contributed by atoms with Gasteiger partial charge in [0.2, 0.25) is 11.7 Å². The number of ether oxygens (including phenoxy) is 1. The number of hydrogen-bond donors (Lipinski definition) is 1. The van der Waals surface area contributed by atoms with E-state index in [2.05, 4.69) is 0 Å². The summed E-state index contributed by atoms with van der Waals surface area (Å²) in [5.41, 5.74) is -0.756. The molecule has 0 saturated heterocycles. The topological polar surface area (TPSA) is 92.3 Å². The summed E-state index contributed by atoms with van der Waals surface area (Å²) in [7, 11) is 0. The number of halogens is 1. The molecule has 1 atom stereocenters. The number of aromatic nitrogens is 1. The number of nitrogens with zero attached hydrogens (tertiary/aromatic N) is 2. The van der Waals surface area contributed by atoms with Crippen LogP contribution in [0.1, 0.15) is 54.6 Å². The number of rotatable bonds is 8. The Bertz CT molecular complexity index is 958. The summed E-state index contributed by atoms with van der Waals surface area (Å²) in [6.07, 6.45) is 0.707. The molecule has 0 fully saturated rings. The molecule has 1 aromatic carbocycles. The lowest BCUT2D eigenvalue weighted by molar-refractivity contribution is 0.0781. The fourth-order valence-electron chi connectivity index (χ4n) is 2.93. The highest BCUT2D eigenvalue weighted by atomic mass is 19.1. The molecule has 7 heteroatoms. The predicted molar refractivity (Wildman–Crippen MR) is 102 cm³/mol. The van der Waals surface area contributed by atoms with E-state index in [0.717, 1.165) is 11.0 Å². The molecule has 0 saturated carbocycles. The summed E-state index contributed by atoms with van der Waals surface area (Å²) in [6.45, 7) is 5.32. The van der Waals surface area contributed by atoms with Crippen LogP contribution < -0.4 is 10.3 Å². The fraction of sp³-hybridized carbons (Fsp3) is 0.381. The zero-order valence-electron chi connectivity index (χ0n) is 16.2. The summed E-state index contributed by atoms with van der Waals surface area (Å²) in [5, 5.41) is 20.0. The van der Waals surface area contributed by atoms with E-state index in [9.17, 15) is 24.3 Å². The van der Waals surface area contributed by atoms with Crippen molar-refractivity contribution in [3.8, 4) is 17.7 Å². The summed E-state index contributed by atoms with van der Waals surface area (Å²) in [5.74, 6) is -1.12. The number of aromatic hydroxyl groups is 1. The second kappa shape index (κ2) is 9.18. The normalized spacial score (nSPS) is 11.7. The van der Waals surface area contributed by atoms with Gasteiger partial charge in [-0.1, -0.05) is 20.3 Å². The van der Waals surface area contributed by atoms with Crippen molar-refractivity contribution in [2.75, 3.05) is 0 Å². The van der Waals surface area contributed by atoms with Crippen LogP contribution in [0.2, 0.25) is 0 Å². The molecule has 0 aliphatic rings. The Morgan fingerprint density at radius 2 is 1.96 bits per heavy atom. The number of nitriles is 1. The first kappa shape index (κ1) is 21.2. The summed E-state index contributed by atoms with van der Waals surface area (Å²) in [4.78, 5) is 25.6. The molecule has 148 valence electrons. The van der Waals surface area contributed by atoms with Crippen LogP contribution in [0.25, 0.3) is 0 Å². The van der Waals surface area contributed by atoms with Crippen molar-refractivity contribution in [2.45, 2.75) is 52.7 Å². The van der Waals surface area contributed by atoms with Crippen LogP contribution in [0.15, 0.2) is 29.1 Å². The first-order valence-electron chi connectivity index (χ1n) is 9.18. The molecule has 2 aromatic rings. The smallest absolute Gasteiger partial charge is 0.271 e. The van der Waals surface area contributed by atoms with Gasteiger partial charge in [0.05, 0.1) is 5.56 Å². The van der Waals surface area contributed by atoms with Crippen LogP contribution in [0.3, 0.4) is 0 Å². The quantitative estimate of drug-likeness (QED) is 0.698. The van der Waals surface area contributed by atoms with Gasteiger partial charge in [0.25, 0.3) is 5.56 Å². The van der Waals surface area contributed by atoms with Gasteiger partial charge in [0.1, 0.15) is 23.2 Å². The molecule has 1 unspecified atom stereocenters. The van der Waals surface area contributed by atoms with Gasteiger partial charge in [0, 0.05) is 6.54 Å². The highest BCUT2D eigenvalue weighted by Crippen LogP contribution is 2.26. The first-order chi connectivity index (χ1) is 13.3. The molecule has 0 bridgehead atoms. The van der Waals surface area contributed by atoms with Gasteiger partial charge in [-0.25, -0.2) is 4.39 Å². The Hall–Kier alpha value is -3.14. The van der Waals surface area contributed by atoms with Gasteiger partial charge in [-0.2, -0.15) is 5.26 Å². The molecule has 1 N–H and O–H groups in total. The Morgan fingerprint density at radius 3 is 2.50 bits per heavy atom. The Morgan fingerprint density at radius 1 is 1.32 bits per heavy atom. The average Bonchev–Trinajstić information content (AvgIpc) is 2.67. The maximum Gasteiger partial charge on any atom is 0.271 e. The van der Waals surface area contributed by atoms with Crippen LogP contribution in [0, 0.1) is 24.1 Å². The number of pyridine rings is 1. The minimum Gasteiger partial charge on any atom is -0.494 e. The molecule has 0 spiro atoms. The molecular weight excluding hydrogens is 363 g/mol. The predicted octanol–water partition coefficient (Wildman–Crippen LogP) is 3.71. The van der Waals surface area contributed by atoms with Crippen molar-refractivity contribution in [3.05, 3.63) is 57.1 Å². The maximum atomic E-state index is 13.1. The fourth-order valence-corrected chi connectivity index (χ4v) is 2.93. The first-order valence-corrected chi connectivity index (χ1v) is 9.18. The van der Waals surface area contributed by atoms with Gasteiger partial charge in [-0.05, 0) is 49.6 Å². The van der Waals surface area contributed by atoms with Crippen LogP contribution >= 0.6 is 0 Å². The second-order valence-electron chi connectivity index (χ2n) is 6.45. The van der Waals surface area contributed by atoms with Crippen molar-refractivity contribution in [1.82, 2.24) is 4.57 Å². The van der Waals surface area contributed by atoms with Crippen LogP contribution in [-0.4, -0.2) is 21.6 Å². The molecular formula is C21H23FN2O4. The number of carbonyl (C=O) groups is 1. The Labute approximate surface area is 162 Å². The minimum atomic E-state index is -0.960. The number of Topliss-reactive ketones (excluding diaryl/α,β-unsaturated/α-hetero) is 1. The molecule has 0 aliphatic heterocycles. The summed E-state index contributed by atoms with van der Waals surface area (Å²) in [6, 6.07) is 7.08. The number of ketones is 1. The lowest BCUT2D eigenvalue weighted by Gasteiger charge is -2.20. The number of carbonyl (C=O) groups excluding carboxylic acids is 1. The van der Waals surface area contributed by atoms with Crippen molar-refractivity contribution in [3.63, 3.8) is 0 Å². The van der Waals surface area contributed by atoms with E-state index in [1.807, 2.05) is 13.0 Å². The van der Waals surface area contributed by atoms with Gasteiger partial charge in [-0.3, -0.25) is 14.2 Å². The van der Waals surface area contributed by atoms with E-state index < -0.39 is 29.1 Å². The third-order valence-corrected chi connectivity index (χ3v) is 4.54. The summed E-state index contributed by atoms with van der Waals surface area (Å²) >= 11 is 0. The molecule has 2 rings (SSSR count). The second-order valence-corrected chi connectivity index (χ2v) is 6.45. The van der Waals surface area contributed by atoms with E-state index in [1.165, 1.54) is 31.2 Å². The van der Waals surface area contributed by atoms with E-state index in [1.54, 1.807) is 6.92 Å². The lowest BCUT2D eigenvalue weighted by Crippen LogP contribution is -2.32. The molecule has 28 heavy (non-hydrogen) atoms. The van der Waals surface area contributed by atoms with E-state index in [4.69, 9.17) is 4.74 Å². The number of hydrogen-bond acceptors (Lipinski definition) is 5. The molecule has 0 radical (unpaired) electrons. The van der Waals surface area contributed by atoms with Crippen LogP contribution in [0.5, 0.6) is 11.6 Å². The third kappa shape index (κ3) is 4.22. The zero-order chi connectivity index (χ0) is 20.8. The molecule has 1 heterocycles. The largest absolute Gasteiger partial charge is 0.494 e. The Kier molecular flexibility index (Phi) is 6.94. The monoisotopic (exact) mass is 386 g/mol. The summed E-state index contributed by atoms with van der Waals surface area (Å²) < 4.78 is 19.8. The van der Waals surface area contributed by atoms with Crippen molar-refractivity contribution in [2.24, 2.45) is 0 Å². The van der Waals surface area contributed by atoms with E-state index >= 15 is 0 Å². The highest BCUT2D eigenvalue weighted by molar-refractivity contribution is 6.03. The van der Waals surface area contributed by atoms with Crippen molar-refractivity contribution < 1.29 is 19.0 Å². The van der Waals surface area contributed by atoms with Crippen molar-refractivity contribution in [1.29, 1.82) is 5.26 Å². The maximum absolute atomic E-state index is 13.1. The van der Waals surface area contributed by atoms with Gasteiger partial charge < -0.3 is 9.84 Å². The van der Waals surface area contributed by atoms with E-state index in [0.29, 0.717) is 12.2 Å². The molecule has 6 nitrogen and oxygen atoms in total. The van der Waals surface area contributed by atoms with E-state index in [-0.39, 0.29) is 29.7 Å². The Balaban J connectivity index is 2.51. The van der Waals surface area contributed by atoms with Crippen molar-refractivity contribution >= 4 is 5.78 Å². The van der Waals surface area contributed by atoms with Gasteiger partial charge in [-0.15, -0.1) is 0 Å². The SMILES string of the molecule is CCCCn1c(O)c(C(=O)C(CC)Oc2ccc(F)cc2)c(C)c(C#N)c1=O. The lowest BCUT2D eigenvalue weighted by atomic mass is 9.97. The zero-order valence-corrected chi connectivity index (χ0v) is 16.2. The molecule has 0 amide bonds. The van der Waals surface area contributed by atoms with Crippen LogP contribution in [-0.2, 0) is 6.54 Å².